The molecule has 1 aliphatic heterocycles. The summed E-state index contributed by atoms with van der Waals surface area (Å²) in [5.74, 6) is 0.662. The molecule has 1 N–H and O–H groups in total. The summed E-state index contributed by atoms with van der Waals surface area (Å²) in [7, 11) is 0. The Morgan fingerprint density at radius 1 is 1.09 bits per heavy atom. The first kappa shape index (κ1) is 14.4. The molecule has 1 aromatic carbocycles. The quantitative estimate of drug-likeness (QED) is 0.608. The van der Waals surface area contributed by atoms with Crippen LogP contribution in [0, 0.1) is 23.2 Å². The van der Waals surface area contributed by atoms with Crippen LogP contribution in [0.3, 0.4) is 0 Å². The number of anilines is 1. The van der Waals surface area contributed by atoms with E-state index in [0.29, 0.717) is 17.4 Å². The van der Waals surface area contributed by atoms with Gasteiger partial charge in [-0.25, -0.2) is 0 Å². The lowest BCUT2D eigenvalue weighted by Crippen LogP contribution is -2.53. The van der Waals surface area contributed by atoms with Crippen molar-refractivity contribution in [2.75, 3.05) is 5.32 Å². The third kappa shape index (κ3) is 1.60. The summed E-state index contributed by atoms with van der Waals surface area (Å²) in [6.07, 6.45) is 5.22. The Labute approximate surface area is 135 Å². The number of benzene rings is 1. The summed E-state index contributed by atoms with van der Waals surface area (Å²) in [5.41, 5.74) is 6.82. The van der Waals surface area contributed by atoms with Crippen molar-refractivity contribution >= 4 is 5.69 Å². The third-order valence-corrected chi connectivity index (χ3v) is 6.83. The first-order valence-corrected chi connectivity index (χ1v) is 8.77. The molecule has 1 aromatic rings. The lowest BCUT2D eigenvalue weighted by atomic mass is 9.52. The third-order valence-electron chi connectivity index (χ3n) is 6.83. The zero-order chi connectivity index (χ0) is 15.9. The average Bonchev–Trinajstić information content (AvgIpc) is 2.63. The van der Waals surface area contributed by atoms with Crippen LogP contribution in [-0.2, 0) is 0 Å². The van der Waals surface area contributed by atoms with E-state index in [2.05, 4.69) is 71.1 Å². The number of aryl methyl sites for hydroxylation is 1. The maximum absolute atomic E-state index is 3.93. The van der Waals surface area contributed by atoms with Gasteiger partial charge >= 0.3 is 0 Å². The molecule has 0 radical (unpaired) electrons. The molecule has 0 spiro atoms. The van der Waals surface area contributed by atoms with Crippen LogP contribution >= 0.6 is 0 Å². The van der Waals surface area contributed by atoms with E-state index in [1.807, 2.05) is 0 Å². The van der Waals surface area contributed by atoms with Crippen molar-refractivity contribution in [3.05, 3.63) is 41.0 Å². The molecule has 1 fully saturated rings. The molecule has 1 heteroatoms. The van der Waals surface area contributed by atoms with Gasteiger partial charge in [0, 0.05) is 22.6 Å². The van der Waals surface area contributed by atoms with Gasteiger partial charge in [0.25, 0.3) is 0 Å². The Kier molecular flexibility index (Phi) is 2.60. The van der Waals surface area contributed by atoms with Crippen molar-refractivity contribution in [3.8, 4) is 0 Å². The topological polar surface area (TPSA) is 12.0 Å². The molecule has 22 heavy (non-hydrogen) atoms. The number of fused-ring (bicyclic) bond motifs is 2. The smallest absolute Gasteiger partial charge is 0.0443 e. The summed E-state index contributed by atoms with van der Waals surface area (Å²) in [4.78, 5) is 0. The van der Waals surface area contributed by atoms with Gasteiger partial charge < -0.3 is 5.32 Å². The second-order valence-corrected chi connectivity index (χ2v) is 9.31. The molecular formula is C21H29N. The molecule has 0 bridgehead atoms. The predicted octanol–water partition coefficient (Wildman–Crippen LogP) is 5.67. The fourth-order valence-electron chi connectivity index (χ4n) is 5.86. The Balaban J connectivity index is 1.96. The number of hydrogen-bond donors (Lipinski definition) is 1. The van der Waals surface area contributed by atoms with Gasteiger partial charge in [-0.1, -0.05) is 64.0 Å². The van der Waals surface area contributed by atoms with Crippen LogP contribution < -0.4 is 5.32 Å². The maximum Gasteiger partial charge on any atom is 0.0443 e. The maximum atomic E-state index is 3.93. The van der Waals surface area contributed by atoms with E-state index in [1.165, 1.54) is 24.1 Å². The molecule has 1 saturated carbocycles. The second kappa shape index (κ2) is 3.99. The lowest BCUT2D eigenvalue weighted by molar-refractivity contribution is 0.126. The fourth-order valence-corrected chi connectivity index (χ4v) is 5.86. The Morgan fingerprint density at radius 3 is 2.55 bits per heavy atom. The van der Waals surface area contributed by atoms with Gasteiger partial charge in [-0.3, -0.25) is 0 Å². The van der Waals surface area contributed by atoms with Crippen molar-refractivity contribution in [1.29, 1.82) is 0 Å². The zero-order valence-corrected chi connectivity index (χ0v) is 14.9. The van der Waals surface area contributed by atoms with Crippen molar-refractivity contribution in [2.24, 2.45) is 16.2 Å². The van der Waals surface area contributed by atoms with Gasteiger partial charge in [0.15, 0.2) is 0 Å². The van der Waals surface area contributed by atoms with E-state index in [-0.39, 0.29) is 10.8 Å². The van der Waals surface area contributed by atoms with Crippen LogP contribution in [0.1, 0.15) is 64.5 Å². The molecule has 0 amide bonds. The summed E-state index contributed by atoms with van der Waals surface area (Å²) < 4.78 is 0. The van der Waals surface area contributed by atoms with E-state index < -0.39 is 0 Å². The van der Waals surface area contributed by atoms with E-state index in [4.69, 9.17) is 0 Å². The predicted molar refractivity (Wildman–Crippen MR) is 94.3 cm³/mol. The summed E-state index contributed by atoms with van der Waals surface area (Å²) in [6.45, 7) is 14.5. The number of nitrogens with one attached hydrogen (secondary N) is 1. The Morgan fingerprint density at radius 2 is 1.82 bits per heavy atom. The molecule has 3 aliphatic rings. The highest BCUT2D eigenvalue weighted by molar-refractivity contribution is 5.63. The minimum Gasteiger partial charge on any atom is -0.380 e. The van der Waals surface area contributed by atoms with Gasteiger partial charge in [0.05, 0.1) is 0 Å². The monoisotopic (exact) mass is 295 g/mol. The molecule has 1 nitrogen and oxygen atoms in total. The largest absolute Gasteiger partial charge is 0.380 e. The van der Waals surface area contributed by atoms with Crippen LogP contribution in [0.2, 0.25) is 0 Å². The molecule has 3 atom stereocenters. The van der Waals surface area contributed by atoms with Crippen LogP contribution in [0.5, 0.6) is 0 Å². The first-order valence-electron chi connectivity index (χ1n) is 8.77. The standard InChI is InChI=1S/C21H29N/c1-13-7-8-16-14(11-13)15-9-10-19(2,3)17-12-20(4,5)18(22-16)21(15,17)6/h7-8,11-12,15,18,22H,9-10H2,1-6H3/t15-,18-,21+/m0/s1. The van der Waals surface area contributed by atoms with Crippen molar-refractivity contribution in [1.82, 2.24) is 0 Å². The summed E-state index contributed by atoms with van der Waals surface area (Å²) >= 11 is 0. The van der Waals surface area contributed by atoms with E-state index >= 15 is 0 Å². The molecule has 0 saturated heterocycles. The van der Waals surface area contributed by atoms with Crippen molar-refractivity contribution in [2.45, 2.75) is 66.3 Å². The number of hydrogen-bond acceptors (Lipinski definition) is 1. The van der Waals surface area contributed by atoms with E-state index in [9.17, 15) is 0 Å². The molecule has 4 rings (SSSR count). The van der Waals surface area contributed by atoms with Gasteiger partial charge in [0.2, 0.25) is 0 Å². The molecular weight excluding hydrogens is 266 g/mol. The van der Waals surface area contributed by atoms with Crippen LogP contribution in [0.4, 0.5) is 5.69 Å². The molecule has 1 heterocycles. The lowest BCUT2D eigenvalue weighted by Gasteiger charge is -2.56. The highest BCUT2D eigenvalue weighted by atomic mass is 15.0. The highest BCUT2D eigenvalue weighted by Crippen LogP contribution is 2.68. The van der Waals surface area contributed by atoms with Crippen LogP contribution in [-0.4, -0.2) is 6.04 Å². The minimum atomic E-state index is 0.215. The van der Waals surface area contributed by atoms with Crippen molar-refractivity contribution < 1.29 is 0 Å². The SMILES string of the molecule is Cc1ccc2c(c1)[C@@H]1CCC(C)(C)C3=CC(C)(C)[C@H](N2)[C@@]31C. The Hall–Kier alpha value is -1.24. The van der Waals surface area contributed by atoms with Gasteiger partial charge in [0.1, 0.15) is 0 Å². The van der Waals surface area contributed by atoms with Gasteiger partial charge in [-0.05, 0) is 42.7 Å². The highest BCUT2D eigenvalue weighted by Gasteiger charge is 2.61. The fraction of sp³-hybridized carbons (Fsp3) is 0.619. The van der Waals surface area contributed by atoms with Gasteiger partial charge in [-0.15, -0.1) is 0 Å². The summed E-state index contributed by atoms with van der Waals surface area (Å²) in [5, 5.41) is 3.93. The van der Waals surface area contributed by atoms with Gasteiger partial charge in [-0.2, -0.15) is 0 Å². The minimum absolute atomic E-state index is 0.215. The zero-order valence-electron chi connectivity index (χ0n) is 14.9. The Bertz CT molecular complexity index is 679. The van der Waals surface area contributed by atoms with Crippen LogP contribution in [0.25, 0.3) is 0 Å². The van der Waals surface area contributed by atoms with Crippen molar-refractivity contribution in [3.63, 3.8) is 0 Å². The number of rotatable bonds is 0. The molecule has 0 unspecified atom stereocenters. The van der Waals surface area contributed by atoms with E-state index in [0.717, 1.165) is 0 Å². The second-order valence-electron chi connectivity index (χ2n) is 9.31. The normalized spacial score (nSPS) is 36.9. The van der Waals surface area contributed by atoms with E-state index in [1.54, 1.807) is 11.1 Å². The first-order chi connectivity index (χ1) is 10.2. The van der Waals surface area contributed by atoms with Crippen LogP contribution in [0.15, 0.2) is 29.8 Å². The molecule has 0 aromatic heterocycles. The molecule has 2 aliphatic carbocycles. The molecule has 118 valence electrons. The average molecular weight is 295 g/mol. The summed E-state index contributed by atoms with van der Waals surface area (Å²) in [6, 6.07) is 7.49.